The Morgan fingerprint density at radius 1 is 1.39 bits per heavy atom. The van der Waals surface area contributed by atoms with Crippen LogP contribution in [0.4, 0.5) is 5.69 Å². The number of carbonyl (C=O) groups is 2. The molecule has 1 fully saturated rings. The van der Waals surface area contributed by atoms with E-state index in [0.29, 0.717) is 12.1 Å². The molecule has 23 heavy (non-hydrogen) atoms. The molecule has 0 saturated carbocycles. The van der Waals surface area contributed by atoms with E-state index in [9.17, 15) is 18.0 Å². The summed E-state index contributed by atoms with van der Waals surface area (Å²) < 4.78 is 27.7. The van der Waals surface area contributed by atoms with Crippen LogP contribution in [0, 0.1) is 5.92 Å². The summed E-state index contributed by atoms with van der Waals surface area (Å²) in [6.45, 7) is -0.512. The largest absolute Gasteiger partial charge is 0.480 e. The van der Waals surface area contributed by atoms with Gasteiger partial charge in [-0.15, -0.1) is 0 Å². The molecule has 1 amide bonds. The number of ether oxygens (including phenoxy) is 1. The van der Waals surface area contributed by atoms with Gasteiger partial charge in [0.15, 0.2) is 16.4 Å². The SMILES string of the molecule is O=C(O)COc1ccc(NC(=O)CC2CCS(=O)(=O)C2)cc1Cl. The smallest absolute Gasteiger partial charge is 0.341 e. The molecule has 7 nitrogen and oxygen atoms in total. The molecule has 1 aliphatic rings. The fraction of sp³-hybridized carbons (Fsp3) is 0.429. The number of hydrogen-bond donors (Lipinski definition) is 2. The van der Waals surface area contributed by atoms with E-state index in [0.717, 1.165) is 0 Å². The Kier molecular flexibility index (Phi) is 5.48. The van der Waals surface area contributed by atoms with Crippen LogP contribution < -0.4 is 10.1 Å². The van der Waals surface area contributed by atoms with E-state index in [4.69, 9.17) is 21.4 Å². The number of carbonyl (C=O) groups excluding carboxylic acids is 1. The summed E-state index contributed by atoms with van der Waals surface area (Å²) in [5.74, 6) is -1.19. The van der Waals surface area contributed by atoms with Gasteiger partial charge in [0.05, 0.1) is 16.5 Å². The van der Waals surface area contributed by atoms with Gasteiger partial charge >= 0.3 is 5.97 Å². The average Bonchev–Trinajstić information content (AvgIpc) is 2.76. The molecule has 126 valence electrons. The normalized spacial score (nSPS) is 19.3. The fourth-order valence-corrected chi connectivity index (χ4v) is 4.44. The predicted molar refractivity (Wildman–Crippen MR) is 84.6 cm³/mol. The number of anilines is 1. The molecule has 1 saturated heterocycles. The fourth-order valence-electron chi connectivity index (χ4n) is 2.34. The third kappa shape index (κ3) is 5.40. The molecule has 0 aliphatic carbocycles. The summed E-state index contributed by atoms with van der Waals surface area (Å²) in [7, 11) is -3.01. The summed E-state index contributed by atoms with van der Waals surface area (Å²) in [6, 6.07) is 4.44. The Morgan fingerprint density at radius 2 is 2.13 bits per heavy atom. The predicted octanol–water partition coefficient (Wildman–Crippen LogP) is 1.57. The van der Waals surface area contributed by atoms with E-state index in [-0.39, 0.29) is 40.5 Å². The van der Waals surface area contributed by atoms with E-state index in [2.05, 4.69) is 5.32 Å². The number of amides is 1. The van der Waals surface area contributed by atoms with Crippen molar-refractivity contribution in [2.24, 2.45) is 5.92 Å². The van der Waals surface area contributed by atoms with Crippen LogP contribution in [-0.2, 0) is 19.4 Å². The highest BCUT2D eigenvalue weighted by Crippen LogP contribution is 2.28. The van der Waals surface area contributed by atoms with Crippen LogP contribution in [-0.4, -0.2) is 43.5 Å². The number of carboxylic acid groups (broad SMARTS) is 1. The van der Waals surface area contributed by atoms with Crippen LogP contribution in [0.25, 0.3) is 0 Å². The Morgan fingerprint density at radius 3 is 2.70 bits per heavy atom. The quantitative estimate of drug-likeness (QED) is 0.795. The number of halogens is 1. The van der Waals surface area contributed by atoms with Crippen molar-refractivity contribution in [3.8, 4) is 5.75 Å². The van der Waals surface area contributed by atoms with Crippen molar-refractivity contribution < 1.29 is 27.9 Å². The van der Waals surface area contributed by atoms with Gasteiger partial charge in [-0.05, 0) is 30.5 Å². The number of benzene rings is 1. The van der Waals surface area contributed by atoms with Gasteiger partial charge < -0.3 is 15.2 Å². The van der Waals surface area contributed by atoms with Crippen LogP contribution in [0.1, 0.15) is 12.8 Å². The molecular formula is C14H16ClNO6S. The second-order valence-corrected chi connectivity index (χ2v) is 7.98. The van der Waals surface area contributed by atoms with Gasteiger partial charge in [0.1, 0.15) is 5.75 Å². The van der Waals surface area contributed by atoms with Gasteiger partial charge in [-0.1, -0.05) is 11.6 Å². The lowest BCUT2D eigenvalue weighted by atomic mass is 10.1. The zero-order chi connectivity index (χ0) is 17.0. The van der Waals surface area contributed by atoms with E-state index in [1.807, 2.05) is 0 Å². The van der Waals surface area contributed by atoms with Gasteiger partial charge in [-0.3, -0.25) is 4.79 Å². The number of carboxylic acids is 1. The van der Waals surface area contributed by atoms with Crippen molar-refractivity contribution in [1.82, 2.24) is 0 Å². The Hall–Kier alpha value is -1.80. The van der Waals surface area contributed by atoms with Gasteiger partial charge in [-0.25, -0.2) is 13.2 Å². The highest BCUT2D eigenvalue weighted by molar-refractivity contribution is 7.91. The van der Waals surface area contributed by atoms with Crippen LogP contribution in [0.15, 0.2) is 18.2 Å². The first kappa shape index (κ1) is 17.6. The van der Waals surface area contributed by atoms with Crippen molar-refractivity contribution in [1.29, 1.82) is 0 Å². The van der Waals surface area contributed by atoms with Crippen LogP contribution in [0.5, 0.6) is 5.75 Å². The van der Waals surface area contributed by atoms with E-state index >= 15 is 0 Å². The Labute approximate surface area is 138 Å². The third-order valence-electron chi connectivity index (χ3n) is 3.37. The first-order chi connectivity index (χ1) is 10.7. The van der Waals surface area contributed by atoms with Crippen molar-refractivity contribution in [3.05, 3.63) is 23.2 Å². The minimum atomic E-state index is -3.01. The lowest BCUT2D eigenvalue weighted by Gasteiger charge is -2.11. The summed E-state index contributed by atoms with van der Waals surface area (Å²) in [6.07, 6.45) is 0.632. The lowest BCUT2D eigenvalue weighted by molar-refractivity contribution is -0.139. The molecule has 1 aromatic carbocycles. The Bertz CT molecular complexity index is 718. The second-order valence-electron chi connectivity index (χ2n) is 5.35. The van der Waals surface area contributed by atoms with E-state index < -0.39 is 22.4 Å². The topological polar surface area (TPSA) is 110 Å². The zero-order valence-electron chi connectivity index (χ0n) is 12.1. The number of nitrogens with one attached hydrogen (secondary N) is 1. The monoisotopic (exact) mass is 361 g/mol. The molecule has 1 atom stereocenters. The summed E-state index contributed by atoms with van der Waals surface area (Å²) in [5, 5.41) is 11.4. The summed E-state index contributed by atoms with van der Waals surface area (Å²) >= 11 is 5.96. The molecule has 2 N–H and O–H groups in total. The molecule has 0 radical (unpaired) electrons. The number of sulfone groups is 1. The van der Waals surface area contributed by atoms with Crippen LogP contribution >= 0.6 is 11.6 Å². The first-order valence-corrected chi connectivity index (χ1v) is 9.09. The second kappa shape index (κ2) is 7.18. The highest BCUT2D eigenvalue weighted by Gasteiger charge is 2.29. The molecule has 0 spiro atoms. The van der Waals surface area contributed by atoms with Gasteiger partial charge in [0, 0.05) is 12.1 Å². The standard InChI is InChI=1S/C14H16ClNO6S/c15-11-6-10(1-2-12(11)22-7-14(18)19)16-13(17)5-9-3-4-23(20,21)8-9/h1-2,6,9H,3-5,7-8H2,(H,16,17)(H,18,19). The van der Waals surface area contributed by atoms with Gasteiger partial charge in [-0.2, -0.15) is 0 Å². The first-order valence-electron chi connectivity index (χ1n) is 6.89. The van der Waals surface area contributed by atoms with Crippen LogP contribution in [0.3, 0.4) is 0 Å². The minimum absolute atomic E-state index is 0.0448. The van der Waals surface area contributed by atoms with E-state index in [1.165, 1.54) is 18.2 Å². The molecule has 2 rings (SSSR count). The maximum atomic E-state index is 11.9. The molecule has 9 heteroatoms. The molecule has 1 unspecified atom stereocenters. The van der Waals surface area contributed by atoms with E-state index in [1.54, 1.807) is 0 Å². The van der Waals surface area contributed by atoms with Gasteiger partial charge in [0.2, 0.25) is 5.91 Å². The third-order valence-corrected chi connectivity index (χ3v) is 5.50. The van der Waals surface area contributed by atoms with Crippen molar-refractivity contribution in [2.45, 2.75) is 12.8 Å². The Balaban J connectivity index is 1.91. The molecular weight excluding hydrogens is 346 g/mol. The number of aliphatic carboxylic acids is 1. The highest BCUT2D eigenvalue weighted by atomic mass is 35.5. The molecule has 0 bridgehead atoms. The molecule has 0 aromatic heterocycles. The minimum Gasteiger partial charge on any atom is -0.480 e. The molecule has 1 aliphatic heterocycles. The van der Waals surface area contributed by atoms with Crippen molar-refractivity contribution in [2.75, 3.05) is 23.4 Å². The van der Waals surface area contributed by atoms with Gasteiger partial charge in [0.25, 0.3) is 0 Å². The number of rotatable bonds is 6. The summed E-state index contributed by atoms with van der Waals surface area (Å²) in [4.78, 5) is 22.4. The lowest BCUT2D eigenvalue weighted by Crippen LogP contribution is -2.17. The number of hydrogen-bond acceptors (Lipinski definition) is 5. The zero-order valence-corrected chi connectivity index (χ0v) is 13.7. The average molecular weight is 362 g/mol. The molecule has 1 aromatic rings. The van der Waals surface area contributed by atoms with Crippen molar-refractivity contribution >= 4 is 39.0 Å². The summed E-state index contributed by atoms with van der Waals surface area (Å²) in [5.41, 5.74) is 0.434. The maximum absolute atomic E-state index is 11.9. The molecule has 1 heterocycles. The maximum Gasteiger partial charge on any atom is 0.341 e. The van der Waals surface area contributed by atoms with Crippen molar-refractivity contribution in [3.63, 3.8) is 0 Å². The van der Waals surface area contributed by atoms with Crippen LogP contribution in [0.2, 0.25) is 5.02 Å².